The maximum Gasteiger partial charge on any atom is 0.158 e. The van der Waals surface area contributed by atoms with E-state index in [4.69, 9.17) is 15.9 Å². The Morgan fingerprint density at radius 1 is 1.17 bits per heavy atom. The summed E-state index contributed by atoms with van der Waals surface area (Å²) in [6, 6.07) is 7.07. The molecule has 0 aliphatic heterocycles. The lowest BCUT2D eigenvalue weighted by molar-refractivity contribution is -0.0561. The highest BCUT2D eigenvalue weighted by molar-refractivity contribution is 5.40. The van der Waals surface area contributed by atoms with Gasteiger partial charge >= 0.3 is 0 Å². The van der Waals surface area contributed by atoms with Gasteiger partial charge in [-0.05, 0) is 17.7 Å². The minimum absolute atomic E-state index is 0.273. The number of benzene rings is 1. The summed E-state index contributed by atoms with van der Waals surface area (Å²) in [7, 11) is 0. The van der Waals surface area contributed by atoms with Gasteiger partial charge in [-0.15, -0.1) is 0 Å². The Kier molecular flexibility index (Phi) is 2.68. The van der Waals surface area contributed by atoms with Crippen LogP contribution in [0.4, 0.5) is 5.69 Å². The first-order chi connectivity index (χ1) is 5.61. The Balaban J connectivity index is 2.82. The molecule has 0 radical (unpaired) electrons. The fourth-order valence-corrected chi connectivity index (χ4v) is 0.972. The van der Waals surface area contributed by atoms with Gasteiger partial charge in [0.05, 0.1) is 0 Å². The Labute approximate surface area is 71.5 Å². The number of nitrogen functional groups attached to an aromatic ring is 1. The van der Waals surface area contributed by atoms with Gasteiger partial charge in [-0.25, -0.2) is 0 Å². The quantitative estimate of drug-likeness (QED) is 0.448. The maximum absolute atomic E-state index is 8.87. The Hall–Kier alpha value is -1.06. The molecule has 0 aliphatic rings. The van der Waals surface area contributed by atoms with Crippen molar-refractivity contribution in [2.75, 3.05) is 5.73 Å². The second-order valence-corrected chi connectivity index (χ2v) is 2.87. The highest BCUT2D eigenvalue weighted by Gasteiger charge is 2.11. The zero-order chi connectivity index (χ0) is 9.14. The number of anilines is 1. The fourth-order valence-electron chi connectivity index (χ4n) is 0.972. The predicted molar refractivity (Wildman–Crippen MR) is 47.5 cm³/mol. The monoisotopic (exact) mass is 167 g/mol. The average molecular weight is 167 g/mol. The molecule has 0 fully saturated rings. The average Bonchev–Trinajstić information content (AvgIpc) is 2.04. The first-order valence-electron chi connectivity index (χ1n) is 3.83. The van der Waals surface area contributed by atoms with Gasteiger partial charge in [0.2, 0.25) is 0 Å². The summed E-state index contributed by atoms with van der Waals surface area (Å²) in [5, 5.41) is 17.7. The number of aliphatic hydroxyl groups excluding tert-OH is 1. The second kappa shape index (κ2) is 3.56. The third-order valence-electron chi connectivity index (χ3n) is 1.91. The van der Waals surface area contributed by atoms with E-state index in [1.807, 2.05) is 0 Å². The second-order valence-electron chi connectivity index (χ2n) is 2.87. The summed E-state index contributed by atoms with van der Waals surface area (Å²) < 4.78 is 0. The fraction of sp³-hybridized carbons (Fsp3) is 0.333. The molecule has 0 amide bonds. The van der Waals surface area contributed by atoms with Gasteiger partial charge < -0.3 is 15.9 Å². The van der Waals surface area contributed by atoms with Crippen molar-refractivity contribution in [2.24, 2.45) is 0 Å². The van der Waals surface area contributed by atoms with Crippen molar-refractivity contribution in [3.63, 3.8) is 0 Å². The molecule has 3 heteroatoms. The first kappa shape index (κ1) is 9.03. The standard InChI is InChI=1S/C9H13NO2/c1-6(9(11)12)7-2-4-8(10)5-3-7/h2-6,9,11-12H,10H2,1H3. The molecule has 0 aliphatic carbocycles. The topological polar surface area (TPSA) is 66.5 Å². The van der Waals surface area contributed by atoms with Crippen molar-refractivity contribution in [2.45, 2.75) is 19.1 Å². The predicted octanol–water partition coefficient (Wildman–Crippen LogP) is 0.683. The Morgan fingerprint density at radius 3 is 2.08 bits per heavy atom. The van der Waals surface area contributed by atoms with Crippen LogP contribution in [-0.4, -0.2) is 16.5 Å². The third kappa shape index (κ3) is 1.96. The van der Waals surface area contributed by atoms with Gasteiger partial charge in [0.25, 0.3) is 0 Å². The lowest BCUT2D eigenvalue weighted by atomic mass is 10.0. The van der Waals surface area contributed by atoms with Crippen LogP contribution in [0.25, 0.3) is 0 Å². The van der Waals surface area contributed by atoms with Gasteiger partial charge in [-0.1, -0.05) is 19.1 Å². The summed E-state index contributed by atoms with van der Waals surface area (Å²) in [5.41, 5.74) is 7.03. The molecular weight excluding hydrogens is 154 g/mol. The highest BCUT2D eigenvalue weighted by atomic mass is 16.5. The molecule has 66 valence electrons. The largest absolute Gasteiger partial charge is 0.399 e. The smallest absolute Gasteiger partial charge is 0.158 e. The molecule has 0 saturated carbocycles. The van der Waals surface area contributed by atoms with Crippen molar-refractivity contribution in [1.82, 2.24) is 0 Å². The van der Waals surface area contributed by atoms with Gasteiger partial charge in [0.1, 0.15) is 0 Å². The Morgan fingerprint density at radius 2 is 1.67 bits per heavy atom. The van der Waals surface area contributed by atoms with Crippen LogP contribution in [0.15, 0.2) is 24.3 Å². The van der Waals surface area contributed by atoms with Crippen molar-refractivity contribution < 1.29 is 10.2 Å². The SMILES string of the molecule is CC(c1ccc(N)cc1)C(O)O. The van der Waals surface area contributed by atoms with Crippen molar-refractivity contribution in [3.8, 4) is 0 Å². The van der Waals surface area contributed by atoms with Crippen molar-refractivity contribution >= 4 is 5.69 Å². The molecule has 1 unspecified atom stereocenters. The molecule has 12 heavy (non-hydrogen) atoms. The van der Waals surface area contributed by atoms with Crippen LogP contribution in [0, 0.1) is 0 Å². The normalized spacial score (nSPS) is 13.3. The lowest BCUT2D eigenvalue weighted by Crippen LogP contribution is -2.14. The Bertz CT molecular complexity index is 243. The molecule has 0 spiro atoms. The summed E-state index contributed by atoms with van der Waals surface area (Å²) in [6.45, 7) is 1.75. The van der Waals surface area contributed by atoms with Crippen molar-refractivity contribution in [3.05, 3.63) is 29.8 Å². The van der Waals surface area contributed by atoms with E-state index in [1.54, 1.807) is 31.2 Å². The van der Waals surface area contributed by atoms with E-state index in [-0.39, 0.29) is 5.92 Å². The first-order valence-corrected chi connectivity index (χ1v) is 3.83. The summed E-state index contributed by atoms with van der Waals surface area (Å²) >= 11 is 0. The minimum Gasteiger partial charge on any atom is -0.399 e. The van der Waals surface area contributed by atoms with Gasteiger partial charge in [0, 0.05) is 11.6 Å². The van der Waals surface area contributed by atoms with E-state index in [1.165, 1.54) is 0 Å². The van der Waals surface area contributed by atoms with E-state index >= 15 is 0 Å². The molecule has 0 aromatic heterocycles. The molecule has 4 N–H and O–H groups in total. The number of hydrogen-bond donors (Lipinski definition) is 3. The van der Waals surface area contributed by atoms with Crippen LogP contribution in [-0.2, 0) is 0 Å². The van der Waals surface area contributed by atoms with Crippen LogP contribution in [0.3, 0.4) is 0 Å². The van der Waals surface area contributed by atoms with Crippen LogP contribution in [0.5, 0.6) is 0 Å². The molecule has 1 rings (SSSR count). The van der Waals surface area contributed by atoms with Crippen LogP contribution in [0.2, 0.25) is 0 Å². The molecule has 3 nitrogen and oxygen atoms in total. The van der Waals surface area contributed by atoms with Crippen LogP contribution < -0.4 is 5.73 Å². The maximum atomic E-state index is 8.87. The van der Waals surface area contributed by atoms with E-state index in [0.29, 0.717) is 5.69 Å². The molecule has 1 aromatic carbocycles. The summed E-state index contributed by atoms with van der Waals surface area (Å²) in [6.07, 6.45) is -1.31. The van der Waals surface area contributed by atoms with Gasteiger partial charge in [-0.2, -0.15) is 0 Å². The van der Waals surface area contributed by atoms with Crippen LogP contribution in [0.1, 0.15) is 18.4 Å². The summed E-state index contributed by atoms with van der Waals surface area (Å²) in [4.78, 5) is 0. The molecular formula is C9H13NO2. The van der Waals surface area contributed by atoms with E-state index in [9.17, 15) is 0 Å². The number of aliphatic hydroxyl groups is 2. The molecule has 1 atom stereocenters. The minimum atomic E-state index is -1.31. The number of hydrogen-bond acceptors (Lipinski definition) is 3. The van der Waals surface area contributed by atoms with Crippen molar-refractivity contribution in [1.29, 1.82) is 0 Å². The van der Waals surface area contributed by atoms with E-state index in [0.717, 1.165) is 5.56 Å². The number of rotatable bonds is 2. The highest BCUT2D eigenvalue weighted by Crippen LogP contribution is 2.18. The van der Waals surface area contributed by atoms with E-state index < -0.39 is 6.29 Å². The molecule has 0 saturated heterocycles. The molecule has 0 bridgehead atoms. The third-order valence-corrected chi connectivity index (χ3v) is 1.91. The summed E-state index contributed by atoms with van der Waals surface area (Å²) in [5.74, 6) is -0.273. The zero-order valence-corrected chi connectivity index (χ0v) is 6.94. The van der Waals surface area contributed by atoms with Crippen LogP contribution >= 0.6 is 0 Å². The van der Waals surface area contributed by atoms with E-state index in [2.05, 4.69) is 0 Å². The zero-order valence-electron chi connectivity index (χ0n) is 6.94. The lowest BCUT2D eigenvalue weighted by Gasteiger charge is -2.13. The van der Waals surface area contributed by atoms with Gasteiger partial charge in [-0.3, -0.25) is 0 Å². The number of nitrogens with two attached hydrogens (primary N) is 1. The van der Waals surface area contributed by atoms with Gasteiger partial charge in [0.15, 0.2) is 6.29 Å². The molecule has 0 heterocycles. The molecule has 1 aromatic rings.